The maximum absolute atomic E-state index is 12.4. The Morgan fingerprint density at radius 2 is 2.10 bits per heavy atom. The summed E-state index contributed by atoms with van der Waals surface area (Å²) >= 11 is 0. The van der Waals surface area contributed by atoms with Gasteiger partial charge in [0.25, 0.3) is 5.91 Å². The summed E-state index contributed by atoms with van der Waals surface area (Å²) in [5, 5.41) is 16.6. The smallest absolute Gasteiger partial charge is 0.274 e. The highest BCUT2D eigenvalue weighted by Gasteiger charge is 2.30. The zero-order valence-corrected chi connectivity index (χ0v) is 11.8. The fourth-order valence-corrected chi connectivity index (χ4v) is 3.51. The lowest BCUT2D eigenvalue weighted by molar-refractivity contribution is 0.0671. The molecule has 2 fully saturated rings. The molecule has 20 heavy (non-hydrogen) atoms. The lowest BCUT2D eigenvalue weighted by Crippen LogP contribution is -2.37. The summed E-state index contributed by atoms with van der Waals surface area (Å²) in [7, 11) is 0. The van der Waals surface area contributed by atoms with E-state index in [1.807, 2.05) is 6.07 Å². The molecule has 5 heteroatoms. The van der Waals surface area contributed by atoms with Crippen molar-refractivity contribution in [2.75, 3.05) is 13.2 Å². The molecule has 5 nitrogen and oxygen atoms in total. The van der Waals surface area contributed by atoms with Gasteiger partial charge in [-0.3, -0.25) is 9.89 Å². The number of aliphatic hydroxyl groups is 1. The van der Waals surface area contributed by atoms with E-state index in [1.165, 1.54) is 32.1 Å². The predicted molar refractivity (Wildman–Crippen MR) is 75.6 cm³/mol. The van der Waals surface area contributed by atoms with Crippen molar-refractivity contribution in [3.8, 4) is 0 Å². The number of amides is 1. The Balaban J connectivity index is 1.71. The number of carbonyl (C=O) groups is 1. The highest BCUT2D eigenvalue weighted by atomic mass is 16.3. The van der Waals surface area contributed by atoms with Gasteiger partial charge in [0.2, 0.25) is 0 Å². The summed E-state index contributed by atoms with van der Waals surface area (Å²) in [6.45, 7) is 0.779. The van der Waals surface area contributed by atoms with Crippen molar-refractivity contribution in [2.45, 2.75) is 56.9 Å². The van der Waals surface area contributed by atoms with E-state index in [4.69, 9.17) is 0 Å². The lowest BCUT2D eigenvalue weighted by Gasteiger charge is -2.22. The number of rotatable bonds is 3. The Morgan fingerprint density at radius 3 is 2.85 bits per heavy atom. The van der Waals surface area contributed by atoms with Crippen LogP contribution in [0.25, 0.3) is 0 Å². The van der Waals surface area contributed by atoms with Crippen molar-refractivity contribution in [2.24, 2.45) is 0 Å². The van der Waals surface area contributed by atoms with Crippen LogP contribution in [-0.4, -0.2) is 45.3 Å². The second kappa shape index (κ2) is 5.95. The van der Waals surface area contributed by atoms with Crippen molar-refractivity contribution in [3.05, 3.63) is 17.5 Å². The van der Waals surface area contributed by atoms with E-state index in [9.17, 15) is 9.90 Å². The fraction of sp³-hybridized carbons (Fsp3) is 0.733. The summed E-state index contributed by atoms with van der Waals surface area (Å²) in [5.74, 6) is 0.491. The van der Waals surface area contributed by atoms with E-state index < -0.39 is 0 Å². The number of hydrogen-bond acceptors (Lipinski definition) is 3. The van der Waals surface area contributed by atoms with Crippen LogP contribution in [0, 0.1) is 0 Å². The quantitative estimate of drug-likeness (QED) is 0.888. The van der Waals surface area contributed by atoms with Crippen LogP contribution in [0.2, 0.25) is 0 Å². The topological polar surface area (TPSA) is 69.2 Å². The average Bonchev–Trinajstić information content (AvgIpc) is 3.16. The number of aromatic amines is 1. The largest absolute Gasteiger partial charge is 0.394 e. The SMILES string of the molecule is O=C(c1cc(C2CCCCC2)[nH]n1)N1CCCC1CO. The molecule has 1 aliphatic carbocycles. The fourth-order valence-electron chi connectivity index (χ4n) is 3.51. The molecule has 0 bridgehead atoms. The van der Waals surface area contributed by atoms with Gasteiger partial charge in [-0.15, -0.1) is 0 Å². The molecule has 1 amide bonds. The molecule has 1 saturated carbocycles. The zero-order chi connectivity index (χ0) is 13.9. The van der Waals surface area contributed by atoms with Gasteiger partial charge in [0, 0.05) is 18.2 Å². The van der Waals surface area contributed by atoms with Crippen LogP contribution in [-0.2, 0) is 0 Å². The molecule has 0 aromatic carbocycles. The van der Waals surface area contributed by atoms with Gasteiger partial charge in [-0.05, 0) is 31.7 Å². The first-order chi connectivity index (χ1) is 9.79. The zero-order valence-electron chi connectivity index (χ0n) is 11.8. The molecule has 0 radical (unpaired) electrons. The normalized spacial score (nSPS) is 24.2. The highest BCUT2D eigenvalue weighted by molar-refractivity contribution is 5.92. The molecule has 1 atom stereocenters. The molecule has 1 aromatic heterocycles. The first-order valence-corrected chi connectivity index (χ1v) is 7.76. The van der Waals surface area contributed by atoms with Crippen molar-refractivity contribution in [1.29, 1.82) is 0 Å². The molecule has 110 valence electrons. The number of H-pyrrole nitrogens is 1. The first kappa shape index (κ1) is 13.6. The minimum atomic E-state index is -0.0418. The van der Waals surface area contributed by atoms with E-state index in [0.29, 0.717) is 11.6 Å². The molecule has 1 unspecified atom stereocenters. The molecule has 1 aliphatic heterocycles. The van der Waals surface area contributed by atoms with Crippen LogP contribution in [0.15, 0.2) is 6.07 Å². The Hall–Kier alpha value is -1.36. The molecule has 1 aromatic rings. The third kappa shape index (κ3) is 2.59. The van der Waals surface area contributed by atoms with Crippen molar-refractivity contribution < 1.29 is 9.90 Å². The molecular weight excluding hydrogens is 254 g/mol. The van der Waals surface area contributed by atoms with Crippen molar-refractivity contribution >= 4 is 5.91 Å². The second-order valence-electron chi connectivity index (χ2n) is 6.02. The van der Waals surface area contributed by atoms with Crippen molar-refractivity contribution in [1.82, 2.24) is 15.1 Å². The maximum Gasteiger partial charge on any atom is 0.274 e. The van der Waals surface area contributed by atoms with E-state index in [1.54, 1.807) is 4.90 Å². The summed E-state index contributed by atoms with van der Waals surface area (Å²) in [6.07, 6.45) is 8.11. The van der Waals surface area contributed by atoms with Gasteiger partial charge in [-0.1, -0.05) is 19.3 Å². The minimum Gasteiger partial charge on any atom is -0.394 e. The van der Waals surface area contributed by atoms with Gasteiger partial charge < -0.3 is 10.0 Å². The minimum absolute atomic E-state index is 0.0302. The first-order valence-electron chi connectivity index (χ1n) is 7.76. The Bertz CT molecular complexity index is 465. The molecule has 2 heterocycles. The second-order valence-corrected chi connectivity index (χ2v) is 6.02. The van der Waals surface area contributed by atoms with E-state index in [-0.39, 0.29) is 18.6 Å². The molecule has 0 spiro atoms. The molecular formula is C15H23N3O2. The van der Waals surface area contributed by atoms with Crippen molar-refractivity contribution in [3.63, 3.8) is 0 Å². The van der Waals surface area contributed by atoms with E-state index in [0.717, 1.165) is 25.1 Å². The number of nitrogens with one attached hydrogen (secondary N) is 1. The number of aromatic nitrogens is 2. The summed E-state index contributed by atoms with van der Waals surface area (Å²) in [4.78, 5) is 14.2. The third-order valence-corrected chi connectivity index (χ3v) is 4.71. The number of aliphatic hydroxyl groups excluding tert-OH is 1. The van der Waals surface area contributed by atoms with Crippen LogP contribution < -0.4 is 0 Å². The summed E-state index contributed by atoms with van der Waals surface area (Å²) in [5.41, 5.74) is 1.61. The van der Waals surface area contributed by atoms with Crippen LogP contribution in [0.3, 0.4) is 0 Å². The van der Waals surface area contributed by atoms with Crippen LogP contribution >= 0.6 is 0 Å². The van der Waals surface area contributed by atoms with Crippen LogP contribution in [0.4, 0.5) is 0 Å². The van der Waals surface area contributed by atoms with Crippen LogP contribution in [0.5, 0.6) is 0 Å². The third-order valence-electron chi connectivity index (χ3n) is 4.71. The number of nitrogens with zero attached hydrogens (tertiary/aromatic N) is 2. The number of hydrogen-bond donors (Lipinski definition) is 2. The average molecular weight is 277 g/mol. The monoisotopic (exact) mass is 277 g/mol. The predicted octanol–water partition coefficient (Wildman–Crippen LogP) is 2.05. The molecule has 3 rings (SSSR count). The lowest BCUT2D eigenvalue weighted by atomic mass is 9.87. The van der Waals surface area contributed by atoms with Gasteiger partial charge in [0.15, 0.2) is 0 Å². The highest BCUT2D eigenvalue weighted by Crippen LogP contribution is 2.32. The summed E-state index contributed by atoms with van der Waals surface area (Å²) < 4.78 is 0. The van der Waals surface area contributed by atoms with Gasteiger partial charge >= 0.3 is 0 Å². The number of likely N-dealkylation sites (tertiary alicyclic amines) is 1. The Morgan fingerprint density at radius 1 is 1.30 bits per heavy atom. The maximum atomic E-state index is 12.4. The summed E-state index contributed by atoms with van der Waals surface area (Å²) in [6, 6.07) is 1.89. The molecule has 2 N–H and O–H groups in total. The Kier molecular flexibility index (Phi) is 4.05. The number of carbonyl (C=O) groups excluding carboxylic acids is 1. The van der Waals surface area contributed by atoms with E-state index >= 15 is 0 Å². The molecule has 2 aliphatic rings. The molecule has 1 saturated heterocycles. The standard InChI is InChI=1S/C15H23N3O2/c19-10-12-7-4-8-18(12)15(20)14-9-13(16-17-14)11-5-2-1-3-6-11/h9,11-12,19H,1-8,10H2,(H,16,17). The van der Waals surface area contributed by atoms with Gasteiger partial charge in [0.1, 0.15) is 5.69 Å². The van der Waals surface area contributed by atoms with Gasteiger partial charge in [-0.2, -0.15) is 5.10 Å². The Labute approximate surface area is 119 Å². The van der Waals surface area contributed by atoms with Gasteiger partial charge in [-0.25, -0.2) is 0 Å². The van der Waals surface area contributed by atoms with E-state index in [2.05, 4.69) is 10.2 Å². The van der Waals surface area contributed by atoms with Gasteiger partial charge in [0.05, 0.1) is 12.6 Å². The van der Waals surface area contributed by atoms with Crippen LogP contribution in [0.1, 0.15) is 67.0 Å².